The lowest BCUT2D eigenvalue weighted by molar-refractivity contribution is 0.0827. The highest BCUT2D eigenvalue weighted by Crippen LogP contribution is 2.27. The summed E-state index contributed by atoms with van der Waals surface area (Å²) in [5.74, 6) is 1.74. The van der Waals surface area contributed by atoms with Crippen LogP contribution in [0.1, 0.15) is 47.7 Å². The first-order valence-electron chi connectivity index (χ1n) is 11.1. The van der Waals surface area contributed by atoms with Gasteiger partial charge in [-0.05, 0) is 56.4 Å². The third-order valence-electron chi connectivity index (χ3n) is 5.36. The Kier molecular flexibility index (Phi) is 8.33. The van der Waals surface area contributed by atoms with Crippen LogP contribution in [0, 0.1) is 0 Å². The van der Waals surface area contributed by atoms with Crippen molar-refractivity contribution in [3.63, 3.8) is 0 Å². The van der Waals surface area contributed by atoms with Crippen molar-refractivity contribution in [2.75, 3.05) is 27.2 Å². The summed E-state index contributed by atoms with van der Waals surface area (Å²) in [6.07, 6.45) is 4.70. The van der Waals surface area contributed by atoms with Crippen molar-refractivity contribution >= 4 is 11.9 Å². The van der Waals surface area contributed by atoms with Gasteiger partial charge in [-0.15, -0.1) is 0 Å². The zero-order valence-corrected chi connectivity index (χ0v) is 18.9. The average Bonchev–Trinajstić information content (AvgIpc) is 2.75. The molecule has 2 aromatic rings. The van der Waals surface area contributed by atoms with Gasteiger partial charge in [-0.1, -0.05) is 30.3 Å². The first kappa shape index (κ1) is 22.7. The standard InChI is InChI=1S/C25H34N4O2/c1-4-26-25(27-16-15-19-9-7-11-20(17-19)24(30)29(2)3)28-18-21-10-5-6-14-23(21)31-22-12-8-13-22/h5-7,9-11,14,17,22H,4,8,12-13,15-16,18H2,1-3H3,(H2,26,27,28). The highest BCUT2D eigenvalue weighted by Gasteiger charge is 2.20. The number of aliphatic imine (C=N–C) groups is 1. The molecule has 6 heteroatoms. The van der Waals surface area contributed by atoms with Crippen LogP contribution >= 0.6 is 0 Å². The molecule has 1 fully saturated rings. The molecule has 1 aliphatic rings. The van der Waals surface area contributed by atoms with Gasteiger partial charge in [-0.2, -0.15) is 0 Å². The normalized spacial score (nSPS) is 14.0. The fourth-order valence-corrected chi connectivity index (χ4v) is 3.37. The maximum Gasteiger partial charge on any atom is 0.253 e. The molecule has 0 saturated heterocycles. The predicted octanol–water partition coefficient (Wildman–Crippen LogP) is 3.62. The van der Waals surface area contributed by atoms with Gasteiger partial charge in [0.1, 0.15) is 5.75 Å². The Morgan fingerprint density at radius 2 is 1.94 bits per heavy atom. The maximum absolute atomic E-state index is 12.2. The van der Waals surface area contributed by atoms with Gasteiger partial charge in [0.15, 0.2) is 5.96 Å². The van der Waals surface area contributed by atoms with Gasteiger partial charge < -0.3 is 20.3 Å². The number of benzene rings is 2. The molecule has 0 aromatic heterocycles. The van der Waals surface area contributed by atoms with Crippen LogP contribution in [0.15, 0.2) is 53.5 Å². The quantitative estimate of drug-likeness (QED) is 0.479. The van der Waals surface area contributed by atoms with Gasteiger partial charge in [0.25, 0.3) is 5.91 Å². The molecular weight excluding hydrogens is 388 g/mol. The van der Waals surface area contributed by atoms with E-state index in [-0.39, 0.29) is 5.91 Å². The van der Waals surface area contributed by atoms with Gasteiger partial charge >= 0.3 is 0 Å². The lowest BCUT2D eigenvalue weighted by Crippen LogP contribution is -2.38. The second-order valence-corrected chi connectivity index (χ2v) is 8.05. The number of nitrogens with zero attached hydrogens (tertiary/aromatic N) is 2. The summed E-state index contributed by atoms with van der Waals surface area (Å²) in [6, 6.07) is 16.0. The zero-order chi connectivity index (χ0) is 22.1. The van der Waals surface area contributed by atoms with E-state index in [0.717, 1.165) is 55.2 Å². The minimum absolute atomic E-state index is 0.0208. The lowest BCUT2D eigenvalue weighted by atomic mass is 9.96. The molecule has 2 aromatic carbocycles. The average molecular weight is 423 g/mol. The number of para-hydroxylation sites is 1. The van der Waals surface area contributed by atoms with Crippen molar-refractivity contribution in [3.8, 4) is 5.75 Å². The highest BCUT2D eigenvalue weighted by atomic mass is 16.5. The summed E-state index contributed by atoms with van der Waals surface area (Å²) in [5.41, 5.74) is 2.93. The summed E-state index contributed by atoms with van der Waals surface area (Å²) in [4.78, 5) is 18.5. The first-order chi connectivity index (χ1) is 15.1. The number of rotatable bonds is 9. The molecule has 0 unspecified atom stereocenters. The number of nitrogens with one attached hydrogen (secondary N) is 2. The van der Waals surface area contributed by atoms with E-state index in [0.29, 0.717) is 18.2 Å². The summed E-state index contributed by atoms with van der Waals surface area (Å²) in [5, 5.41) is 6.70. The molecule has 0 atom stereocenters. The third-order valence-corrected chi connectivity index (χ3v) is 5.36. The summed E-state index contributed by atoms with van der Waals surface area (Å²) < 4.78 is 6.12. The molecule has 0 aliphatic heterocycles. The smallest absolute Gasteiger partial charge is 0.253 e. The molecule has 0 spiro atoms. The van der Waals surface area contributed by atoms with Crippen molar-refractivity contribution in [2.24, 2.45) is 4.99 Å². The third kappa shape index (κ3) is 6.74. The number of carbonyl (C=O) groups is 1. The number of amides is 1. The zero-order valence-electron chi connectivity index (χ0n) is 18.9. The molecule has 3 rings (SSSR count). The molecule has 0 heterocycles. The molecule has 1 aliphatic carbocycles. The van der Waals surface area contributed by atoms with Crippen molar-refractivity contribution in [2.45, 2.75) is 45.3 Å². The summed E-state index contributed by atoms with van der Waals surface area (Å²) >= 11 is 0. The van der Waals surface area contributed by atoms with Gasteiger partial charge in [0, 0.05) is 38.3 Å². The number of hydrogen-bond donors (Lipinski definition) is 2. The minimum Gasteiger partial charge on any atom is -0.490 e. The molecular formula is C25H34N4O2. The van der Waals surface area contributed by atoms with Gasteiger partial charge in [-0.25, -0.2) is 4.99 Å². The molecule has 1 saturated carbocycles. The van der Waals surface area contributed by atoms with Crippen LogP contribution in [0.25, 0.3) is 0 Å². The Morgan fingerprint density at radius 3 is 2.65 bits per heavy atom. The number of ether oxygens (including phenoxy) is 1. The maximum atomic E-state index is 12.2. The fourth-order valence-electron chi connectivity index (χ4n) is 3.37. The van der Waals surface area contributed by atoms with Crippen LogP contribution in [0.2, 0.25) is 0 Å². The fraction of sp³-hybridized carbons (Fsp3) is 0.440. The van der Waals surface area contributed by atoms with Crippen molar-refractivity contribution in [3.05, 3.63) is 65.2 Å². The number of hydrogen-bond acceptors (Lipinski definition) is 3. The van der Waals surface area contributed by atoms with Crippen LogP contribution in [0.3, 0.4) is 0 Å². The molecule has 166 valence electrons. The predicted molar refractivity (Wildman–Crippen MR) is 126 cm³/mol. The van der Waals surface area contributed by atoms with Crippen LogP contribution < -0.4 is 15.4 Å². The topological polar surface area (TPSA) is 66.0 Å². The Hall–Kier alpha value is -3.02. The molecule has 6 nitrogen and oxygen atoms in total. The SMILES string of the molecule is CCNC(=NCc1ccccc1OC1CCC1)NCCc1cccc(C(=O)N(C)C)c1. The van der Waals surface area contributed by atoms with Crippen LogP contribution in [-0.2, 0) is 13.0 Å². The summed E-state index contributed by atoms with van der Waals surface area (Å²) in [7, 11) is 3.54. The van der Waals surface area contributed by atoms with Gasteiger partial charge in [0.05, 0.1) is 12.6 Å². The van der Waals surface area contributed by atoms with Crippen molar-refractivity contribution < 1.29 is 9.53 Å². The lowest BCUT2D eigenvalue weighted by Gasteiger charge is -2.27. The Morgan fingerprint density at radius 1 is 1.13 bits per heavy atom. The van der Waals surface area contributed by atoms with Crippen molar-refractivity contribution in [1.82, 2.24) is 15.5 Å². The molecule has 0 bridgehead atoms. The van der Waals surface area contributed by atoms with Crippen molar-refractivity contribution in [1.29, 1.82) is 0 Å². The van der Waals surface area contributed by atoms with E-state index in [4.69, 9.17) is 9.73 Å². The van der Waals surface area contributed by atoms with E-state index in [9.17, 15) is 4.79 Å². The Bertz CT molecular complexity index is 891. The van der Waals surface area contributed by atoms with Crippen LogP contribution in [-0.4, -0.2) is 50.1 Å². The van der Waals surface area contributed by atoms with E-state index < -0.39 is 0 Å². The second kappa shape index (κ2) is 11.4. The van der Waals surface area contributed by atoms with E-state index in [1.165, 1.54) is 6.42 Å². The molecule has 31 heavy (non-hydrogen) atoms. The monoisotopic (exact) mass is 422 g/mol. The molecule has 0 radical (unpaired) electrons. The van der Waals surface area contributed by atoms with E-state index in [1.54, 1.807) is 19.0 Å². The minimum atomic E-state index is 0.0208. The Balaban J connectivity index is 1.57. The molecule has 1 amide bonds. The van der Waals surface area contributed by atoms with Gasteiger partial charge in [-0.3, -0.25) is 4.79 Å². The largest absolute Gasteiger partial charge is 0.490 e. The Labute approximate surface area is 185 Å². The number of guanidine groups is 1. The van der Waals surface area contributed by atoms with Crippen LogP contribution in [0.5, 0.6) is 5.75 Å². The second-order valence-electron chi connectivity index (χ2n) is 8.05. The highest BCUT2D eigenvalue weighted by molar-refractivity contribution is 5.94. The molecule has 2 N–H and O–H groups in total. The first-order valence-corrected chi connectivity index (χ1v) is 11.1. The van der Waals surface area contributed by atoms with E-state index in [1.807, 2.05) is 42.5 Å². The van der Waals surface area contributed by atoms with E-state index in [2.05, 4.69) is 23.6 Å². The summed E-state index contributed by atoms with van der Waals surface area (Å²) in [6.45, 7) is 4.14. The van der Waals surface area contributed by atoms with Gasteiger partial charge in [0.2, 0.25) is 0 Å². The number of carbonyl (C=O) groups excluding carboxylic acids is 1. The van der Waals surface area contributed by atoms with E-state index >= 15 is 0 Å². The van der Waals surface area contributed by atoms with Crippen LogP contribution in [0.4, 0.5) is 0 Å².